The number of Topliss-reactive ketones (excluding diaryl/α,β-unsaturated/α-hetero) is 1. The largest absolute Gasteiger partial charge is 0.294 e. The summed E-state index contributed by atoms with van der Waals surface area (Å²) in [5.41, 5.74) is 1.42. The molecule has 4 aliphatic rings. The number of hydrogen-bond donors (Lipinski definition) is 0. The van der Waals surface area contributed by atoms with E-state index < -0.39 is 0 Å². The number of benzene rings is 1. The Hall–Kier alpha value is -1.18. The highest BCUT2D eigenvalue weighted by molar-refractivity contribution is 5.96. The average Bonchev–Trinajstić information content (AvgIpc) is 2.39. The first-order chi connectivity index (χ1) is 10.0. The van der Waals surface area contributed by atoms with Crippen molar-refractivity contribution in [2.45, 2.75) is 51.9 Å². The quantitative estimate of drug-likeness (QED) is 0.720. The number of rotatable bonds is 3. The molecule has 21 heavy (non-hydrogen) atoms. The van der Waals surface area contributed by atoms with E-state index in [1.165, 1.54) is 44.6 Å². The molecule has 0 unspecified atom stereocenters. The van der Waals surface area contributed by atoms with Crippen molar-refractivity contribution in [1.29, 1.82) is 0 Å². The van der Waals surface area contributed by atoms with Crippen LogP contribution < -0.4 is 0 Å². The van der Waals surface area contributed by atoms with Crippen LogP contribution in [0.3, 0.4) is 0 Å². The van der Waals surface area contributed by atoms with E-state index in [4.69, 9.17) is 0 Å². The zero-order valence-corrected chi connectivity index (χ0v) is 12.7. The van der Waals surface area contributed by atoms with Gasteiger partial charge in [-0.05, 0) is 80.2 Å². The lowest BCUT2D eigenvalue weighted by atomic mass is 9.48. The second-order valence-corrected chi connectivity index (χ2v) is 7.98. The van der Waals surface area contributed by atoms with Gasteiger partial charge in [-0.25, -0.2) is 4.39 Å². The number of halogens is 1. The predicted molar refractivity (Wildman–Crippen MR) is 80.7 cm³/mol. The van der Waals surface area contributed by atoms with Gasteiger partial charge in [0.1, 0.15) is 5.82 Å². The van der Waals surface area contributed by atoms with E-state index in [2.05, 4.69) is 0 Å². The fourth-order valence-corrected chi connectivity index (χ4v) is 5.72. The van der Waals surface area contributed by atoms with Crippen LogP contribution in [0.25, 0.3) is 0 Å². The van der Waals surface area contributed by atoms with Crippen molar-refractivity contribution in [2.24, 2.45) is 23.2 Å². The average molecular weight is 286 g/mol. The number of ketones is 1. The highest BCUT2D eigenvalue weighted by atomic mass is 19.1. The predicted octanol–water partition coefficient (Wildman–Crippen LogP) is 4.92. The first-order valence-electron chi connectivity index (χ1n) is 8.32. The molecule has 0 aromatic heterocycles. The van der Waals surface area contributed by atoms with E-state index in [0.29, 0.717) is 17.5 Å². The zero-order valence-electron chi connectivity index (χ0n) is 12.7. The van der Waals surface area contributed by atoms with Crippen molar-refractivity contribution < 1.29 is 9.18 Å². The van der Waals surface area contributed by atoms with E-state index in [-0.39, 0.29) is 17.0 Å². The molecule has 0 spiro atoms. The summed E-state index contributed by atoms with van der Waals surface area (Å²) < 4.78 is 13.7. The summed E-state index contributed by atoms with van der Waals surface area (Å²) in [7, 11) is 0. The summed E-state index contributed by atoms with van der Waals surface area (Å²) in [6.45, 7) is 1.74. The Morgan fingerprint density at radius 3 is 2.24 bits per heavy atom. The zero-order chi connectivity index (χ0) is 14.6. The maximum atomic E-state index is 13.7. The molecule has 4 saturated carbocycles. The molecule has 5 rings (SSSR count). The second-order valence-electron chi connectivity index (χ2n) is 7.98. The van der Waals surface area contributed by atoms with Crippen LogP contribution in [-0.2, 0) is 0 Å². The molecule has 0 saturated heterocycles. The van der Waals surface area contributed by atoms with Crippen molar-refractivity contribution in [3.63, 3.8) is 0 Å². The van der Waals surface area contributed by atoms with Crippen molar-refractivity contribution in [3.8, 4) is 0 Å². The van der Waals surface area contributed by atoms with Crippen LogP contribution in [0.4, 0.5) is 4.39 Å². The van der Waals surface area contributed by atoms with E-state index >= 15 is 0 Å². The summed E-state index contributed by atoms with van der Waals surface area (Å²) >= 11 is 0. The van der Waals surface area contributed by atoms with Gasteiger partial charge in [0.05, 0.1) is 0 Å². The van der Waals surface area contributed by atoms with Crippen LogP contribution >= 0.6 is 0 Å². The van der Waals surface area contributed by atoms with Gasteiger partial charge in [-0.2, -0.15) is 0 Å². The maximum absolute atomic E-state index is 13.7. The smallest absolute Gasteiger partial charge is 0.163 e. The molecule has 0 radical (unpaired) electrons. The first-order valence-corrected chi connectivity index (χ1v) is 8.32. The van der Waals surface area contributed by atoms with Crippen molar-refractivity contribution in [3.05, 3.63) is 35.1 Å². The van der Waals surface area contributed by atoms with E-state index in [1.54, 1.807) is 19.1 Å². The summed E-state index contributed by atoms with van der Waals surface area (Å²) in [6.07, 6.45) is 8.53. The van der Waals surface area contributed by atoms with Gasteiger partial charge in [0.2, 0.25) is 0 Å². The summed E-state index contributed by atoms with van der Waals surface area (Å²) in [4.78, 5) is 12.6. The number of carbonyl (C=O) groups is 1. The van der Waals surface area contributed by atoms with Gasteiger partial charge in [0, 0.05) is 12.0 Å². The van der Waals surface area contributed by atoms with Gasteiger partial charge < -0.3 is 0 Å². The molecule has 0 N–H and O–H groups in total. The molecule has 1 nitrogen and oxygen atoms in total. The topological polar surface area (TPSA) is 17.1 Å². The molecule has 112 valence electrons. The maximum Gasteiger partial charge on any atom is 0.163 e. The highest BCUT2D eigenvalue weighted by Gasteiger charge is 2.51. The molecule has 0 aliphatic heterocycles. The van der Waals surface area contributed by atoms with E-state index in [1.807, 2.05) is 0 Å². The number of carbonyl (C=O) groups excluding carboxylic acids is 1. The fraction of sp³-hybridized carbons (Fsp3) is 0.632. The summed E-state index contributed by atoms with van der Waals surface area (Å²) in [5.74, 6) is 2.47. The standard InChI is InChI=1S/C19H23FO/c1-12-2-3-16(7-17(12)20)18(21)11-19-8-13-4-14(9-19)6-15(5-13)10-19/h2-3,7,13-15H,4-6,8-11H2,1H3. The minimum Gasteiger partial charge on any atom is -0.294 e. The molecular formula is C19H23FO. The van der Waals surface area contributed by atoms with E-state index in [0.717, 1.165) is 17.8 Å². The van der Waals surface area contributed by atoms with Crippen molar-refractivity contribution in [2.75, 3.05) is 0 Å². The van der Waals surface area contributed by atoms with Gasteiger partial charge in [0.25, 0.3) is 0 Å². The lowest BCUT2D eigenvalue weighted by Gasteiger charge is -2.56. The molecule has 4 fully saturated rings. The molecule has 1 aromatic carbocycles. The molecule has 0 heterocycles. The van der Waals surface area contributed by atoms with Crippen molar-refractivity contribution in [1.82, 2.24) is 0 Å². The second kappa shape index (κ2) is 4.66. The molecule has 0 amide bonds. The van der Waals surface area contributed by atoms with Crippen LogP contribution in [0, 0.1) is 35.9 Å². The first kappa shape index (κ1) is 13.5. The Kier molecular flexibility index (Phi) is 2.99. The third-order valence-electron chi connectivity index (χ3n) is 6.19. The lowest BCUT2D eigenvalue weighted by Crippen LogP contribution is -2.46. The Morgan fingerprint density at radius 1 is 1.14 bits per heavy atom. The van der Waals surface area contributed by atoms with Gasteiger partial charge in [-0.15, -0.1) is 0 Å². The van der Waals surface area contributed by atoms with Crippen LogP contribution in [0.5, 0.6) is 0 Å². The van der Waals surface area contributed by atoms with Crippen molar-refractivity contribution >= 4 is 5.78 Å². The van der Waals surface area contributed by atoms with Gasteiger partial charge in [0.15, 0.2) is 5.78 Å². The van der Waals surface area contributed by atoms with Gasteiger partial charge >= 0.3 is 0 Å². The minimum absolute atomic E-state index is 0.149. The highest BCUT2D eigenvalue weighted by Crippen LogP contribution is 2.61. The third kappa shape index (κ3) is 2.33. The van der Waals surface area contributed by atoms with E-state index in [9.17, 15) is 9.18 Å². The molecular weight excluding hydrogens is 263 g/mol. The summed E-state index contributed by atoms with van der Waals surface area (Å²) in [6, 6.07) is 4.95. The van der Waals surface area contributed by atoms with Crippen LogP contribution in [0.15, 0.2) is 18.2 Å². The summed E-state index contributed by atoms with van der Waals surface area (Å²) in [5, 5.41) is 0. The fourth-order valence-electron chi connectivity index (χ4n) is 5.72. The van der Waals surface area contributed by atoms with Gasteiger partial charge in [-0.3, -0.25) is 4.79 Å². The van der Waals surface area contributed by atoms with Crippen LogP contribution in [0.1, 0.15) is 60.9 Å². The molecule has 4 bridgehead atoms. The Balaban J connectivity index is 1.55. The monoisotopic (exact) mass is 286 g/mol. The minimum atomic E-state index is -0.258. The molecule has 0 atom stereocenters. The lowest BCUT2D eigenvalue weighted by molar-refractivity contribution is -0.0524. The Morgan fingerprint density at radius 2 is 1.71 bits per heavy atom. The molecule has 4 aliphatic carbocycles. The molecule has 2 heteroatoms. The normalized spacial score (nSPS) is 37.0. The number of aryl methyl sites for hydroxylation is 1. The Labute approximate surface area is 125 Å². The number of hydrogen-bond acceptors (Lipinski definition) is 1. The molecule has 1 aromatic rings. The van der Waals surface area contributed by atoms with Crippen LogP contribution in [0.2, 0.25) is 0 Å². The van der Waals surface area contributed by atoms with Gasteiger partial charge in [-0.1, -0.05) is 12.1 Å². The third-order valence-corrected chi connectivity index (χ3v) is 6.19. The SMILES string of the molecule is Cc1ccc(C(=O)CC23CC4CC(CC(C4)C2)C3)cc1F. The van der Waals surface area contributed by atoms with Crippen LogP contribution in [-0.4, -0.2) is 5.78 Å². The Bertz CT molecular complexity index is 554.